The molecule has 2 aromatic rings. The second-order valence-electron chi connectivity index (χ2n) is 6.46. The number of methoxy groups -OCH3 is 1. The van der Waals surface area contributed by atoms with Crippen LogP contribution in [-0.2, 0) is 13.2 Å². The van der Waals surface area contributed by atoms with Crippen LogP contribution in [0.3, 0.4) is 0 Å². The van der Waals surface area contributed by atoms with Crippen molar-refractivity contribution in [3.8, 4) is 5.75 Å². The van der Waals surface area contributed by atoms with E-state index in [0.717, 1.165) is 11.7 Å². The number of para-hydroxylation sites is 2. The smallest absolute Gasteiger partial charge is 0.451 e. The van der Waals surface area contributed by atoms with Gasteiger partial charge in [0.05, 0.1) is 18.8 Å². The molecule has 1 aromatic heterocycles. The number of amides is 2. The van der Waals surface area contributed by atoms with Gasteiger partial charge in [0.25, 0.3) is 0 Å². The van der Waals surface area contributed by atoms with E-state index in [9.17, 15) is 22.8 Å². The van der Waals surface area contributed by atoms with E-state index in [2.05, 4.69) is 10.4 Å². The quantitative estimate of drug-likeness (QED) is 0.860. The molecule has 0 radical (unpaired) electrons. The number of hydrogen-bond donors (Lipinski definition) is 1. The molecule has 1 fully saturated rings. The van der Waals surface area contributed by atoms with Crippen molar-refractivity contribution in [2.75, 3.05) is 25.5 Å². The lowest BCUT2D eigenvalue weighted by atomic mass is 10.1. The molecule has 0 unspecified atom stereocenters. The summed E-state index contributed by atoms with van der Waals surface area (Å²) in [4.78, 5) is 26.1. The Morgan fingerprint density at radius 1 is 1.25 bits per heavy atom. The SMILES string of the molecule is COc1ccccc1NC(=O)N1CCC(n2nc(C(F)(F)F)n(C)c2=O)CC1. The number of alkyl halides is 3. The summed E-state index contributed by atoms with van der Waals surface area (Å²) in [6, 6.07) is 6.12. The predicted octanol–water partition coefficient (Wildman–Crippen LogP) is 2.48. The van der Waals surface area contributed by atoms with Gasteiger partial charge in [-0.1, -0.05) is 12.1 Å². The zero-order valence-electron chi connectivity index (χ0n) is 15.4. The number of aromatic nitrogens is 3. The normalized spacial score (nSPS) is 15.5. The molecule has 0 spiro atoms. The fourth-order valence-corrected chi connectivity index (χ4v) is 3.20. The molecular weight excluding hydrogens is 379 g/mol. The average molecular weight is 399 g/mol. The number of nitrogens with zero attached hydrogens (tertiary/aromatic N) is 4. The number of halogens is 3. The van der Waals surface area contributed by atoms with Gasteiger partial charge in [0, 0.05) is 20.1 Å². The van der Waals surface area contributed by atoms with E-state index in [1.54, 1.807) is 29.2 Å². The number of carbonyl (C=O) groups is 1. The van der Waals surface area contributed by atoms with Gasteiger partial charge >= 0.3 is 17.9 Å². The Balaban J connectivity index is 1.66. The van der Waals surface area contributed by atoms with E-state index in [1.807, 2.05) is 0 Å². The van der Waals surface area contributed by atoms with Crippen LogP contribution in [0, 0.1) is 0 Å². The molecule has 0 atom stereocenters. The Morgan fingerprint density at radius 3 is 2.46 bits per heavy atom. The summed E-state index contributed by atoms with van der Waals surface area (Å²) in [6.07, 6.45) is -4.05. The minimum absolute atomic E-state index is 0.288. The number of nitrogens with one attached hydrogen (secondary N) is 1. The molecule has 1 aliphatic rings. The van der Waals surface area contributed by atoms with Crippen molar-refractivity contribution >= 4 is 11.7 Å². The van der Waals surface area contributed by atoms with Crippen molar-refractivity contribution < 1.29 is 22.7 Å². The van der Waals surface area contributed by atoms with Crippen LogP contribution in [0.4, 0.5) is 23.7 Å². The first-order valence-corrected chi connectivity index (χ1v) is 8.64. The van der Waals surface area contributed by atoms with Crippen molar-refractivity contribution in [2.24, 2.45) is 7.05 Å². The van der Waals surface area contributed by atoms with Gasteiger partial charge in [-0.3, -0.25) is 4.57 Å². The lowest BCUT2D eigenvalue weighted by Gasteiger charge is -2.31. The van der Waals surface area contributed by atoms with Gasteiger partial charge < -0.3 is 15.0 Å². The van der Waals surface area contributed by atoms with Crippen LogP contribution in [0.1, 0.15) is 24.7 Å². The second-order valence-corrected chi connectivity index (χ2v) is 6.46. The Labute approximate surface area is 158 Å². The van der Waals surface area contributed by atoms with Gasteiger partial charge in [0.15, 0.2) is 0 Å². The Bertz CT molecular complexity index is 913. The summed E-state index contributed by atoms with van der Waals surface area (Å²) < 4.78 is 45.4. The Kier molecular flexibility index (Phi) is 5.34. The molecule has 2 heterocycles. The zero-order valence-corrected chi connectivity index (χ0v) is 15.4. The van der Waals surface area contributed by atoms with Crippen LogP contribution in [0.25, 0.3) is 0 Å². The number of ether oxygens (including phenoxy) is 1. The van der Waals surface area contributed by atoms with Crippen molar-refractivity contribution in [3.05, 3.63) is 40.6 Å². The molecular formula is C17H20F3N5O3. The number of carbonyl (C=O) groups excluding carboxylic acids is 1. The number of piperidine rings is 1. The Morgan fingerprint density at radius 2 is 1.89 bits per heavy atom. The van der Waals surface area contributed by atoms with Gasteiger partial charge in [-0.05, 0) is 25.0 Å². The summed E-state index contributed by atoms with van der Waals surface area (Å²) >= 11 is 0. The molecule has 28 heavy (non-hydrogen) atoms. The van der Waals surface area contributed by atoms with Gasteiger partial charge in [-0.2, -0.15) is 13.2 Å². The monoisotopic (exact) mass is 399 g/mol. The number of hydrogen-bond acceptors (Lipinski definition) is 4. The number of benzene rings is 1. The van der Waals surface area contributed by atoms with E-state index in [1.165, 1.54) is 7.11 Å². The van der Waals surface area contributed by atoms with Crippen molar-refractivity contribution in [1.29, 1.82) is 0 Å². The third kappa shape index (κ3) is 3.82. The molecule has 1 aliphatic heterocycles. The highest BCUT2D eigenvalue weighted by Crippen LogP contribution is 2.28. The molecule has 8 nitrogen and oxygen atoms in total. The topological polar surface area (TPSA) is 81.4 Å². The van der Waals surface area contributed by atoms with Crippen LogP contribution in [-0.4, -0.2) is 45.5 Å². The van der Waals surface area contributed by atoms with Gasteiger partial charge in [-0.25, -0.2) is 14.3 Å². The van der Waals surface area contributed by atoms with Crippen LogP contribution < -0.4 is 15.7 Å². The van der Waals surface area contributed by atoms with Crippen LogP contribution in [0.2, 0.25) is 0 Å². The second kappa shape index (κ2) is 7.56. The number of urea groups is 1. The lowest BCUT2D eigenvalue weighted by Crippen LogP contribution is -2.43. The van der Waals surface area contributed by atoms with E-state index in [-0.39, 0.29) is 19.1 Å². The summed E-state index contributed by atoms with van der Waals surface area (Å²) in [5.41, 5.74) is -0.294. The predicted molar refractivity (Wildman–Crippen MR) is 94.3 cm³/mol. The van der Waals surface area contributed by atoms with Crippen molar-refractivity contribution in [1.82, 2.24) is 19.2 Å². The minimum Gasteiger partial charge on any atom is -0.495 e. The summed E-state index contributed by atoms with van der Waals surface area (Å²) in [6.45, 7) is 0.575. The fraction of sp³-hybridized carbons (Fsp3) is 0.471. The zero-order chi connectivity index (χ0) is 20.5. The van der Waals surface area contributed by atoms with Gasteiger partial charge in [0.1, 0.15) is 5.75 Å². The molecule has 0 bridgehead atoms. The largest absolute Gasteiger partial charge is 0.495 e. The van der Waals surface area contributed by atoms with Gasteiger partial charge in [0.2, 0.25) is 5.82 Å². The van der Waals surface area contributed by atoms with Gasteiger partial charge in [-0.15, -0.1) is 5.10 Å². The number of likely N-dealkylation sites (tertiary alicyclic amines) is 1. The molecule has 0 saturated carbocycles. The maximum Gasteiger partial charge on any atom is 0.451 e. The average Bonchev–Trinajstić information content (AvgIpc) is 2.97. The van der Waals surface area contributed by atoms with Crippen molar-refractivity contribution in [2.45, 2.75) is 25.1 Å². The molecule has 1 N–H and O–H groups in total. The summed E-state index contributed by atoms with van der Waals surface area (Å²) in [7, 11) is 2.54. The first-order valence-electron chi connectivity index (χ1n) is 8.64. The summed E-state index contributed by atoms with van der Waals surface area (Å²) in [5.74, 6) is -0.709. The first-order chi connectivity index (χ1) is 13.2. The van der Waals surface area contributed by atoms with Crippen LogP contribution >= 0.6 is 0 Å². The first kappa shape index (κ1) is 19.8. The molecule has 3 rings (SSSR count). The Hall–Kier alpha value is -2.98. The highest BCUT2D eigenvalue weighted by atomic mass is 19.4. The van der Waals surface area contributed by atoms with Crippen LogP contribution in [0.5, 0.6) is 5.75 Å². The van der Waals surface area contributed by atoms with E-state index in [4.69, 9.17) is 4.74 Å². The van der Waals surface area contributed by atoms with E-state index in [0.29, 0.717) is 28.8 Å². The highest BCUT2D eigenvalue weighted by Gasteiger charge is 2.39. The maximum atomic E-state index is 12.9. The fourth-order valence-electron chi connectivity index (χ4n) is 3.20. The highest BCUT2D eigenvalue weighted by molar-refractivity contribution is 5.91. The lowest BCUT2D eigenvalue weighted by molar-refractivity contribution is -0.147. The third-order valence-corrected chi connectivity index (χ3v) is 4.70. The standard InChI is InChI=1S/C17H20F3N5O3/c1-23-14(17(18,19)20)22-25(16(23)27)11-7-9-24(10-8-11)15(26)21-12-5-3-4-6-13(12)28-2/h3-6,11H,7-10H2,1-2H3,(H,21,26). The number of anilines is 1. The third-order valence-electron chi connectivity index (χ3n) is 4.70. The molecule has 0 aliphatic carbocycles. The van der Waals surface area contributed by atoms with E-state index >= 15 is 0 Å². The van der Waals surface area contributed by atoms with Crippen LogP contribution in [0.15, 0.2) is 29.1 Å². The molecule has 1 saturated heterocycles. The number of rotatable bonds is 3. The minimum atomic E-state index is -4.70. The molecule has 11 heteroatoms. The van der Waals surface area contributed by atoms with E-state index < -0.39 is 23.7 Å². The molecule has 2 amide bonds. The molecule has 1 aromatic carbocycles. The summed E-state index contributed by atoms with van der Waals surface area (Å²) in [5, 5.41) is 6.23. The van der Waals surface area contributed by atoms with Crippen molar-refractivity contribution in [3.63, 3.8) is 0 Å². The maximum absolute atomic E-state index is 12.9. The molecule has 152 valence electrons.